The molecule has 29 heavy (non-hydrogen) atoms. The Morgan fingerprint density at radius 3 is 1.07 bits per heavy atom. The van der Waals surface area contributed by atoms with E-state index in [-0.39, 0.29) is 6.15 Å². The molecule has 2 nitrogen and oxygen atoms in total. The van der Waals surface area contributed by atoms with Crippen LogP contribution in [-0.4, -0.2) is 16.1 Å². The van der Waals surface area contributed by atoms with E-state index in [1.54, 1.807) is 6.92 Å². The number of rotatable bonds is 22. The van der Waals surface area contributed by atoms with Crippen LogP contribution >= 0.6 is 11.6 Å². The molecule has 0 rings (SSSR count). The first kappa shape index (κ1) is 31.4. The van der Waals surface area contributed by atoms with Gasteiger partial charge in [-0.3, -0.25) is 0 Å². The second-order valence-electron chi connectivity index (χ2n) is 9.42. The van der Waals surface area contributed by atoms with Crippen LogP contribution in [0.2, 0.25) is 0 Å². The standard InChI is InChI=1S/C26H53ClO.H3N/c1-4-5-6-7-8-9-10-11-12-13-14-15-16-17-18-19-20-21-22-23-24-26(3,27)25(2)28;/h25,28H,4-24H2,1-3H3;1H3. The zero-order valence-corrected chi connectivity index (χ0v) is 21.2. The Morgan fingerprint density at radius 2 is 0.828 bits per heavy atom. The third kappa shape index (κ3) is 22.7. The monoisotopic (exact) mass is 433 g/mol. The van der Waals surface area contributed by atoms with E-state index < -0.39 is 11.0 Å². The highest BCUT2D eigenvalue weighted by Crippen LogP contribution is 2.26. The maximum absolute atomic E-state index is 9.61. The molecule has 2 unspecified atom stereocenters. The van der Waals surface area contributed by atoms with Crippen LogP contribution in [0.1, 0.15) is 156 Å². The zero-order valence-electron chi connectivity index (χ0n) is 20.5. The van der Waals surface area contributed by atoms with Gasteiger partial charge in [0.2, 0.25) is 0 Å². The summed E-state index contributed by atoms with van der Waals surface area (Å²) in [5.74, 6) is 0. The zero-order chi connectivity index (χ0) is 20.9. The molecule has 3 heteroatoms. The first-order valence-corrected chi connectivity index (χ1v) is 13.3. The number of halogens is 1. The Hall–Kier alpha value is 0.210. The Morgan fingerprint density at radius 1 is 0.586 bits per heavy atom. The third-order valence-electron chi connectivity index (χ3n) is 6.39. The summed E-state index contributed by atoms with van der Waals surface area (Å²) in [4.78, 5) is -0.436. The molecule has 0 radical (unpaired) electrons. The summed E-state index contributed by atoms with van der Waals surface area (Å²) in [7, 11) is 0. The topological polar surface area (TPSA) is 55.2 Å². The largest absolute Gasteiger partial charge is 0.392 e. The molecule has 0 aliphatic heterocycles. The van der Waals surface area contributed by atoms with Gasteiger partial charge in [0.05, 0.1) is 11.0 Å². The lowest BCUT2D eigenvalue weighted by Gasteiger charge is -2.25. The minimum Gasteiger partial charge on any atom is -0.392 e. The molecule has 0 aromatic heterocycles. The predicted octanol–water partition coefficient (Wildman–Crippen LogP) is 9.74. The molecule has 0 aliphatic rings. The second-order valence-corrected chi connectivity index (χ2v) is 10.3. The van der Waals surface area contributed by atoms with Gasteiger partial charge in [0.15, 0.2) is 0 Å². The molecule has 0 saturated carbocycles. The van der Waals surface area contributed by atoms with Gasteiger partial charge >= 0.3 is 0 Å². The molecule has 0 aromatic carbocycles. The van der Waals surface area contributed by atoms with E-state index in [1.165, 1.54) is 122 Å². The molecular formula is C26H56ClNO. The average molecular weight is 434 g/mol. The highest BCUT2D eigenvalue weighted by atomic mass is 35.5. The van der Waals surface area contributed by atoms with Crippen molar-refractivity contribution in [2.45, 2.75) is 167 Å². The number of aliphatic hydroxyl groups excluding tert-OH is 1. The molecule has 0 amide bonds. The molecule has 0 heterocycles. The number of unbranched alkanes of at least 4 members (excludes halogenated alkanes) is 19. The summed E-state index contributed by atoms with van der Waals surface area (Å²) in [5.41, 5.74) is 0. The molecule has 4 N–H and O–H groups in total. The maximum atomic E-state index is 9.61. The fraction of sp³-hybridized carbons (Fsp3) is 1.00. The summed E-state index contributed by atoms with van der Waals surface area (Å²) in [6.07, 6.45) is 28.7. The van der Waals surface area contributed by atoms with Gasteiger partial charge in [0, 0.05) is 0 Å². The maximum Gasteiger partial charge on any atom is 0.0701 e. The van der Waals surface area contributed by atoms with Gasteiger partial charge in [-0.1, -0.05) is 135 Å². The molecule has 0 fully saturated rings. The van der Waals surface area contributed by atoms with Crippen LogP contribution in [0.3, 0.4) is 0 Å². The number of aliphatic hydroxyl groups is 1. The van der Waals surface area contributed by atoms with E-state index >= 15 is 0 Å². The van der Waals surface area contributed by atoms with Crippen molar-refractivity contribution in [3.05, 3.63) is 0 Å². The number of hydrogen-bond acceptors (Lipinski definition) is 2. The van der Waals surface area contributed by atoms with E-state index in [0.717, 1.165) is 12.8 Å². The predicted molar refractivity (Wildman–Crippen MR) is 134 cm³/mol. The van der Waals surface area contributed by atoms with E-state index in [4.69, 9.17) is 11.6 Å². The van der Waals surface area contributed by atoms with E-state index in [9.17, 15) is 5.11 Å². The fourth-order valence-electron chi connectivity index (χ4n) is 3.93. The lowest BCUT2D eigenvalue weighted by atomic mass is 9.96. The normalized spacial score (nSPS) is 14.4. The molecule has 0 saturated heterocycles. The summed E-state index contributed by atoms with van der Waals surface area (Å²) < 4.78 is 0. The van der Waals surface area contributed by atoms with E-state index in [1.807, 2.05) is 6.92 Å². The van der Waals surface area contributed by atoms with Gasteiger partial charge in [-0.05, 0) is 20.3 Å². The summed E-state index contributed by atoms with van der Waals surface area (Å²) >= 11 is 6.31. The summed E-state index contributed by atoms with van der Waals surface area (Å²) in [6, 6.07) is 0. The van der Waals surface area contributed by atoms with Crippen LogP contribution in [0.15, 0.2) is 0 Å². The smallest absolute Gasteiger partial charge is 0.0701 e. The summed E-state index contributed by atoms with van der Waals surface area (Å²) in [6.45, 7) is 6.04. The quantitative estimate of drug-likeness (QED) is 0.132. The van der Waals surface area contributed by atoms with Crippen molar-refractivity contribution in [2.24, 2.45) is 0 Å². The molecule has 0 aliphatic carbocycles. The van der Waals surface area contributed by atoms with Crippen LogP contribution in [0.5, 0.6) is 0 Å². The number of hydrogen-bond donors (Lipinski definition) is 2. The Labute approximate surface area is 189 Å². The van der Waals surface area contributed by atoms with Crippen LogP contribution in [0.4, 0.5) is 0 Å². The molecule has 0 spiro atoms. The van der Waals surface area contributed by atoms with Crippen molar-refractivity contribution in [1.29, 1.82) is 0 Å². The molecule has 0 bridgehead atoms. The third-order valence-corrected chi connectivity index (χ3v) is 6.90. The average Bonchev–Trinajstić information content (AvgIpc) is 2.66. The van der Waals surface area contributed by atoms with Crippen molar-refractivity contribution in [1.82, 2.24) is 6.15 Å². The highest BCUT2D eigenvalue weighted by Gasteiger charge is 2.25. The lowest BCUT2D eigenvalue weighted by molar-refractivity contribution is 0.143. The Bertz CT molecular complexity index is 307. The Balaban J connectivity index is 0. The van der Waals surface area contributed by atoms with Gasteiger partial charge in [-0.15, -0.1) is 11.6 Å². The lowest BCUT2D eigenvalue weighted by Crippen LogP contribution is -2.30. The minimum atomic E-state index is -0.436. The first-order chi connectivity index (χ1) is 13.5. The van der Waals surface area contributed by atoms with E-state index in [0.29, 0.717) is 0 Å². The second kappa shape index (κ2) is 22.9. The van der Waals surface area contributed by atoms with Crippen LogP contribution in [-0.2, 0) is 0 Å². The van der Waals surface area contributed by atoms with Crippen molar-refractivity contribution in [3.8, 4) is 0 Å². The van der Waals surface area contributed by atoms with Crippen LogP contribution < -0.4 is 6.15 Å². The van der Waals surface area contributed by atoms with Crippen LogP contribution in [0.25, 0.3) is 0 Å². The van der Waals surface area contributed by atoms with E-state index in [2.05, 4.69) is 6.92 Å². The van der Waals surface area contributed by atoms with Gasteiger partial charge < -0.3 is 11.3 Å². The van der Waals surface area contributed by atoms with Gasteiger partial charge in [0.25, 0.3) is 0 Å². The van der Waals surface area contributed by atoms with Gasteiger partial charge in [-0.25, -0.2) is 0 Å². The Kier molecular flexibility index (Phi) is 24.8. The van der Waals surface area contributed by atoms with Crippen molar-refractivity contribution >= 4 is 11.6 Å². The van der Waals surface area contributed by atoms with Gasteiger partial charge in [-0.2, -0.15) is 0 Å². The molecular weight excluding hydrogens is 378 g/mol. The molecule has 2 atom stereocenters. The van der Waals surface area contributed by atoms with Crippen molar-refractivity contribution < 1.29 is 5.11 Å². The SMILES string of the molecule is CCCCCCCCCCCCCCCCCCCCCCC(C)(Cl)C(C)O.N. The van der Waals surface area contributed by atoms with Crippen molar-refractivity contribution in [3.63, 3.8) is 0 Å². The molecule has 0 aromatic rings. The first-order valence-electron chi connectivity index (χ1n) is 12.9. The van der Waals surface area contributed by atoms with Gasteiger partial charge in [0.1, 0.15) is 0 Å². The van der Waals surface area contributed by atoms with Crippen LogP contribution in [0, 0.1) is 0 Å². The minimum absolute atomic E-state index is 0. The fourth-order valence-corrected chi connectivity index (χ4v) is 4.07. The molecule has 178 valence electrons. The van der Waals surface area contributed by atoms with Crippen molar-refractivity contribution in [2.75, 3.05) is 0 Å². The summed E-state index contributed by atoms with van der Waals surface area (Å²) in [5, 5.41) is 9.61. The highest BCUT2D eigenvalue weighted by molar-refractivity contribution is 6.24. The number of alkyl halides is 1.